The van der Waals surface area contributed by atoms with Gasteiger partial charge in [-0.05, 0) is 12.8 Å². The highest BCUT2D eigenvalue weighted by atomic mass is 16.5. The zero-order valence-electron chi connectivity index (χ0n) is 8.36. The van der Waals surface area contributed by atoms with Crippen LogP contribution in [0.1, 0.15) is 32.5 Å². The van der Waals surface area contributed by atoms with Gasteiger partial charge >= 0.3 is 0 Å². The maximum atomic E-state index is 5.39. The van der Waals surface area contributed by atoms with Gasteiger partial charge in [0.2, 0.25) is 0 Å². The molecule has 1 rings (SSSR count). The van der Waals surface area contributed by atoms with Crippen molar-refractivity contribution in [1.82, 2.24) is 14.8 Å². The first kappa shape index (κ1) is 10.2. The summed E-state index contributed by atoms with van der Waals surface area (Å²) in [6.07, 6.45) is 3.90. The number of hydrogen-bond acceptors (Lipinski definition) is 3. The van der Waals surface area contributed by atoms with Gasteiger partial charge in [0.25, 0.3) is 0 Å². The maximum absolute atomic E-state index is 5.39. The van der Waals surface area contributed by atoms with E-state index in [1.807, 2.05) is 4.57 Å². The molecule has 0 spiro atoms. The predicted molar refractivity (Wildman–Crippen MR) is 50.3 cm³/mol. The van der Waals surface area contributed by atoms with E-state index in [-0.39, 0.29) is 0 Å². The molecule has 0 bridgehead atoms. The summed E-state index contributed by atoms with van der Waals surface area (Å²) in [5.74, 6) is 0.926. The van der Waals surface area contributed by atoms with Gasteiger partial charge in [0, 0.05) is 13.2 Å². The normalized spacial score (nSPS) is 10.6. The van der Waals surface area contributed by atoms with Gasteiger partial charge in [-0.15, -0.1) is 10.2 Å². The Hall–Kier alpha value is -0.900. The van der Waals surface area contributed by atoms with Crippen molar-refractivity contribution in [3.05, 3.63) is 12.2 Å². The highest BCUT2D eigenvalue weighted by molar-refractivity contribution is 4.82. The van der Waals surface area contributed by atoms with Gasteiger partial charge in [0.15, 0.2) is 5.82 Å². The van der Waals surface area contributed by atoms with Crippen LogP contribution >= 0.6 is 0 Å². The number of aromatic nitrogens is 3. The first-order valence-electron chi connectivity index (χ1n) is 4.82. The van der Waals surface area contributed by atoms with Crippen LogP contribution in [0.3, 0.4) is 0 Å². The van der Waals surface area contributed by atoms with Crippen LogP contribution in [-0.4, -0.2) is 21.4 Å². The molecule has 0 aliphatic carbocycles. The minimum Gasteiger partial charge on any atom is -0.373 e. The molecule has 0 amide bonds. The molecule has 1 heterocycles. The van der Waals surface area contributed by atoms with Crippen LogP contribution in [0, 0.1) is 0 Å². The van der Waals surface area contributed by atoms with Crippen LogP contribution in [-0.2, 0) is 17.9 Å². The first-order chi connectivity index (χ1) is 6.38. The number of nitrogens with zero attached hydrogens (tertiary/aromatic N) is 3. The molecule has 0 fully saturated rings. The summed E-state index contributed by atoms with van der Waals surface area (Å²) >= 11 is 0. The lowest BCUT2D eigenvalue weighted by Crippen LogP contribution is -2.05. The fraction of sp³-hybridized carbons (Fsp3) is 0.778. The van der Waals surface area contributed by atoms with Crippen LogP contribution < -0.4 is 0 Å². The van der Waals surface area contributed by atoms with Gasteiger partial charge in [-0.3, -0.25) is 0 Å². The van der Waals surface area contributed by atoms with Crippen molar-refractivity contribution >= 4 is 0 Å². The first-order valence-corrected chi connectivity index (χ1v) is 4.82. The Morgan fingerprint density at radius 3 is 2.92 bits per heavy atom. The summed E-state index contributed by atoms with van der Waals surface area (Å²) in [7, 11) is 0. The molecule has 0 radical (unpaired) electrons. The van der Waals surface area contributed by atoms with Gasteiger partial charge in [-0.1, -0.05) is 13.8 Å². The van der Waals surface area contributed by atoms with Crippen LogP contribution in [0.25, 0.3) is 0 Å². The fourth-order valence-electron chi connectivity index (χ4n) is 1.13. The molecular formula is C9H17N3O. The van der Waals surface area contributed by atoms with E-state index in [9.17, 15) is 0 Å². The van der Waals surface area contributed by atoms with Gasteiger partial charge in [0.05, 0.1) is 0 Å². The molecule has 1 aromatic heterocycles. The van der Waals surface area contributed by atoms with Crippen molar-refractivity contribution in [2.24, 2.45) is 0 Å². The second kappa shape index (κ2) is 5.70. The number of ether oxygens (including phenoxy) is 1. The van der Waals surface area contributed by atoms with E-state index < -0.39 is 0 Å². The average molecular weight is 183 g/mol. The summed E-state index contributed by atoms with van der Waals surface area (Å²) in [4.78, 5) is 0. The molecule has 74 valence electrons. The predicted octanol–water partition coefficient (Wildman–Crippen LogP) is 1.61. The second-order valence-electron chi connectivity index (χ2n) is 2.99. The molecule has 0 unspecified atom stereocenters. The molecule has 0 atom stereocenters. The fourth-order valence-corrected chi connectivity index (χ4v) is 1.13. The molecule has 0 saturated carbocycles. The van der Waals surface area contributed by atoms with Gasteiger partial charge in [0.1, 0.15) is 12.9 Å². The zero-order chi connectivity index (χ0) is 9.52. The summed E-state index contributed by atoms with van der Waals surface area (Å²) in [6, 6.07) is 0. The molecule has 0 aromatic carbocycles. The van der Waals surface area contributed by atoms with E-state index in [0.717, 1.165) is 31.8 Å². The van der Waals surface area contributed by atoms with Gasteiger partial charge in [-0.2, -0.15) is 0 Å². The third-order valence-electron chi connectivity index (χ3n) is 1.74. The third kappa shape index (κ3) is 3.14. The molecule has 4 heteroatoms. The topological polar surface area (TPSA) is 39.9 Å². The van der Waals surface area contributed by atoms with Crippen LogP contribution in [0.2, 0.25) is 0 Å². The van der Waals surface area contributed by atoms with Crippen LogP contribution in [0.5, 0.6) is 0 Å². The standard InChI is InChI=1S/C9H17N3O/c1-3-5-12-8-10-11-9(12)7-13-6-4-2/h8H,3-7H2,1-2H3. The SMILES string of the molecule is CCCOCc1nncn1CCC. The monoisotopic (exact) mass is 183 g/mol. The van der Waals surface area contributed by atoms with E-state index in [2.05, 4.69) is 24.0 Å². The summed E-state index contributed by atoms with van der Waals surface area (Å²) in [6.45, 7) is 6.57. The Kier molecular flexibility index (Phi) is 4.46. The quantitative estimate of drug-likeness (QED) is 0.629. The lowest BCUT2D eigenvalue weighted by Gasteiger charge is -2.04. The van der Waals surface area contributed by atoms with E-state index >= 15 is 0 Å². The number of aryl methyl sites for hydroxylation is 1. The van der Waals surface area contributed by atoms with Crippen molar-refractivity contribution in [3.8, 4) is 0 Å². The van der Waals surface area contributed by atoms with Crippen molar-refractivity contribution < 1.29 is 4.74 Å². The van der Waals surface area contributed by atoms with Crippen LogP contribution in [0.4, 0.5) is 0 Å². The molecular weight excluding hydrogens is 166 g/mol. The number of rotatable bonds is 6. The second-order valence-corrected chi connectivity index (χ2v) is 2.99. The lowest BCUT2D eigenvalue weighted by atomic mass is 10.4. The van der Waals surface area contributed by atoms with Crippen molar-refractivity contribution in [1.29, 1.82) is 0 Å². The highest BCUT2D eigenvalue weighted by Gasteiger charge is 2.02. The Bertz CT molecular complexity index is 235. The van der Waals surface area contributed by atoms with Gasteiger partial charge in [-0.25, -0.2) is 0 Å². The zero-order valence-corrected chi connectivity index (χ0v) is 8.36. The van der Waals surface area contributed by atoms with E-state index in [1.54, 1.807) is 6.33 Å². The van der Waals surface area contributed by atoms with E-state index in [4.69, 9.17) is 4.74 Å². The van der Waals surface area contributed by atoms with Crippen LogP contribution in [0.15, 0.2) is 6.33 Å². The Balaban J connectivity index is 2.40. The molecule has 0 aliphatic rings. The average Bonchev–Trinajstić information content (AvgIpc) is 2.54. The smallest absolute Gasteiger partial charge is 0.158 e. The van der Waals surface area contributed by atoms with Gasteiger partial charge < -0.3 is 9.30 Å². The Morgan fingerprint density at radius 1 is 1.38 bits per heavy atom. The Labute approximate surface area is 78.9 Å². The number of hydrogen-bond donors (Lipinski definition) is 0. The molecule has 0 aliphatic heterocycles. The minimum atomic E-state index is 0.577. The summed E-state index contributed by atoms with van der Waals surface area (Å²) in [5.41, 5.74) is 0. The molecule has 1 aromatic rings. The lowest BCUT2D eigenvalue weighted by molar-refractivity contribution is 0.113. The van der Waals surface area contributed by atoms with E-state index in [0.29, 0.717) is 6.61 Å². The van der Waals surface area contributed by atoms with Crippen molar-refractivity contribution in [2.75, 3.05) is 6.61 Å². The molecule has 4 nitrogen and oxygen atoms in total. The highest BCUT2D eigenvalue weighted by Crippen LogP contribution is 1.99. The largest absolute Gasteiger partial charge is 0.373 e. The molecule has 13 heavy (non-hydrogen) atoms. The molecule has 0 N–H and O–H groups in total. The summed E-state index contributed by atoms with van der Waals surface area (Å²) in [5, 5.41) is 7.85. The minimum absolute atomic E-state index is 0.577. The van der Waals surface area contributed by atoms with Crippen molar-refractivity contribution in [2.45, 2.75) is 39.8 Å². The third-order valence-corrected chi connectivity index (χ3v) is 1.74. The maximum Gasteiger partial charge on any atom is 0.158 e. The molecule has 0 saturated heterocycles. The summed E-state index contributed by atoms with van der Waals surface area (Å²) < 4.78 is 7.43. The van der Waals surface area contributed by atoms with Crippen molar-refractivity contribution in [3.63, 3.8) is 0 Å². The van der Waals surface area contributed by atoms with E-state index in [1.165, 1.54) is 0 Å². The Morgan fingerprint density at radius 2 is 2.23 bits per heavy atom.